The summed E-state index contributed by atoms with van der Waals surface area (Å²) >= 11 is 3.33. The van der Waals surface area contributed by atoms with E-state index >= 15 is 0 Å². The van der Waals surface area contributed by atoms with E-state index in [1.807, 2.05) is 6.07 Å². The Kier molecular flexibility index (Phi) is 5.57. The summed E-state index contributed by atoms with van der Waals surface area (Å²) in [4.78, 5) is 30.8. The molecule has 0 aliphatic rings. The fourth-order valence-electron chi connectivity index (χ4n) is 2.22. The molecule has 0 aliphatic heterocycles. The molecule has 0 saturated heterocycles. The zero-order chi connectivity index (χ0) is 19.2. The third kappa shape index (κ3) is 4.55. The minimum atomic E-state index is -0.628. The summed E-state index contributed by atoms with van der Waals surface area (Å²) in [6.07, 6.45) is 1.16. The van der Waals surface area contributed by atoms with Gasteiger partial charge in [-0.25, -0.2) is 9.97 Å². The van der Waals surface area contributed by atoms with Crippen molar-refractivity contribution in [3.63, 3.8) is 0 Å². The highest BCUT2D eigenvalue weighted by Crippen LogP contribution is 2.31. The Morgan fingerprint density at radius 3 is 2.48 bits per heavy atom. The van der Waals surface area contributed by atoms with Crippen LogP contribution in [-0.4, -0.2) is 20.8 Å². The van der Waals surface area contributed by atoms with Crippen LogP contribution in [0, 0.1) is 10.1 Å². The Balaban J connectivity index is 1.83. The molecule has 0 bridgehead atoms. The fraction of sp³-hybridized carbons (Fsp3) is 0. The number of hydrogen-bond donors (Lipinski definition) is 3. The van der Waals surface area contributed by atoms with Gasteiger partial charge >= 0.3 is 5.69 Å². The van der Waals surface area contributed by atoms with Crippen molar-refractivity contribution in [2.45, 2.75) is 0 Å². The van der Waals surface area contributed by atoms with Crippen LogP contribution in [0.25, 0.3) is 0 Å². The minimum absolute atomic E-state index is 0.00967. The predicted molar refractivity (Wildman–Crippen MR) is 104 cm³/mol. The van der Waals surface area contributed by atoms with E-state index in [-0.39, 0.29) is 11.6 Å². The number of nitro groups is 1. The molecule has 0 spiro atoms. The Labute approximate surface area is 162 Å². The SMILES string of the molecule is O=C(NNc1ncnc(Nc2cccc(Br)c2)c1[N+](=O)[O-])c1ccccc1. The molecule has 0 atom stereocenters. The molecule has 136 valence electrons. The van der Waals surface area contributed by atoms with E-state index in [9.17, 15) is 14.9 Å². The maximum atomic E-state index is 12.1. The quantitative estimate of drug-likeness (QED) is 0.404. The molecule has 0 unspecified atom stereocenters. The maximum Gasteiger partial charge on any atom is 0.355 e. The molecule has 1 aromatic heterocycles. The molecule has 3 aromatic rings. The Morgan fingerprint density at radius 2 is 1.78 bits per heavy atom. The molecule has 10 heteroatoms. The van der Waals surface area contributed by atoms with E-state index in [4.69, 9.17) is 0 Å². The lowest BCUT2D eigenvalue weighted by Crippen LogP contribution is -2.30. The highest BCUT2D eigenvalue weighted by Gasteiger charge is 2.23. The molecule has 0 saturated carbocycles. The van der Waals surface area contributed by atoms with Gasteiger partial charge in [0.25, 0.3) is 5.91 Å². The summed E-state index contributed by atoms with van der Waals surface area (Å²) < 4.78 is 0.803. The summed E-state index contributed by atoms with van der Waals surface area (Å²) in [6.45, 7) is 0. The first-order valence-electron chi connectivity index (χ1n) is 7.68. The number of hydrazine groups is 1. The van der Waals surface area contributed by atoms with Gasteiger partial charge in [-0.1, -0.05) is 40.2 Å². The van der Waals surface area contributed by atoms with Gasteiger partial charge in [0.05, 0.1) is 4.92 Å². The number of nitrogens with one attached hydrogen (secondary N) is 3. The zero-order valence-corrected chi connectivity index (χ0v) is 15.3. The first-order chi connectivity index (χ1) is 13.0. The van der Waals surface area contributed by atoms with Crippen LogP contribution < -0.4 is 16.2 Å². The van der Waals surface area contributed by atoms with Crippen molar-refractivity contribution in [3.05, 3.63) is 81.1 Å². The van der Waals surface area contributed by atoms with E-state index in [1.54, 1.807) is 48.5 Å². The molecular formula is C17H13BrN6O3. The van der Waals surface area contributed by atoms with E-state index in [2.05, 4.69) is 42.1 Å². The summed E-state index contributed by atoms with van der Waals surface area (Å²) in [5.74, 6) is -0.605. The monoisotopic (exact) mass is 428 g/mol. The van der Waals surface area contributed by atoms with Gasteiger partial charge in [0.2, 0.25) is 11.6 Å². The second kappa shape index (κ2) is 8.23. The van der Waals surface area contributed by atoms with Crippen LogP contribution in [0.15, 0.2) is 65.4 Å². The van der Waals surface area contributed by atoms with Crippen LogP contribution in [0.3, 0.4) is 0 Å². The zero-order valence-electron chi connectivity index (χ0n) is 13.7. The topological polar surface area (TPSA) is 122 Å². The molecule has 0 aliphatic carbocycles. The predicted octanol–water partition coefficient (Wildman–Crippen LogP) is 3.65. The number of carbonyl (C=O) groups excluding carboxylic acids is 1. The van der Waals surface area contributed by atoms with E-state index in [0.29, 0.717) is 11.3 Å². The number of aromatic nitrogens is 2. The molecular weight excluding hydrogens is 416 g/mol. The van der Waals surface area contributed by atoms with Crippen LogP contribution in [0.2, 0.25) is 0 Å². The molecule has 3 rings (SSSR count). The lowest BCUT2D eigenvalue weighted by molar-refractivity contribution is -0.383. The van der Waals surface area contributed by atoms with Crippen LogP contribution >= 0.6 is 15.9 Å². The summed E-state index contributed by atoms with van der Waals surface area (Å²) in [5, 5.41) is 14.4. The van der Waals surface area contributed by atoms with Gasteiger partial charge in [-0.3, -0.25) is 25.8 Å². The number of halogens is 1. The highest BCUT2D eigenvalue weighted by molar-refractivity contribution is 9.10. The average molecular weight is 429 g/mol. The van der Waals surface area contributed by atoms with Crippen molar-refractivity contribution in [1.82, 2.24) is 15.4 Å². The van der Waals surface area contributed by atoms with Crippen molar-refractivity contribution < 1.29 is 9.72 Å². The smallest absolute Gasteiger partial charge is 0.334 e. The van der Waals surface area contributed by atoms with Gasteiger partial charge < -0.3 is 5.32 Å². The highest BCUT2D eigenvalue weighted by atomic mass is 79.9. The number of carbonyl (C=O) groups is 1. The van der Waals surface area contributed by atoms with Crippen molar-refractivity contribution >= 4 is 44.8 Å². The third-order valence-electron chi connectivity index (χ3n) is 3.42. The van der Waals surface area contributed by atoms with Crippen LogP contribution in [-0.2, 0) is 0 Å². The Hall–Kier alpha value is -3.53. The summed E-state index contributed by atoms with van der Waals surface area (Å²) in [5.41, 5.74) is 5.48. The lowest BCUT2D eigenvalue weighted by Gasteiger charge is -2.11. The van der Waals surface area contributed by atoms with E-state index in [0.717, 1.165) is 10.8 Å². The Morgan fingerprint density at radius 1 is 1.04 bits per heavy atom. The first kappa shape index (κ1) is 18.3. The van der Waals surface area contributed by atoms with Gasteiger partial charge in [0.1, 0.15) is 6.33 Å². The average Bonchev–Trinajstić information content (AvgIpc) is 2.66. The standard InChI is InChI=1S/C17H13BrN6O3/c18-12-7-4-8-13(9-12)21-15-14(24(26)27)16(20-10-19-15)22-23-17(25)11-5-2-1-3-6-11/h1-10H,(H,23,25)(H2,19,20,21,22). The normalized spacial score (nSPS) is 10.1. The van der Waals surface area contributed by atoms with Gasteiger partial charge in [-0.2, -0.15) is 0 Å². The number of benzene rings is 2. The Bertz CT molecular complexity index is 983. The van der Waals surface area contributed by atoms with Crippen LogP contribution in [0.4, 0.5) is 23.0 Å². The molecule has 2 aromatic carbocycles. The molecule has 1 heterocycles. The van der Waals surface area contributed by atoms with Crippen molar-refractivity contribution in [1.29, 1.82) is 0 Å². The summed E-state index contributed by atoms with van der Waals surface area (Å²) in [6, 6.07) is 15.5. The molecule has 1 amide bonds. The lowest BCUT2D eigenvalue weighted by atomic mass is 10.2. The van der Waals surface area contributed by atoms with Crippen molar-refractivity contribution in [2.75, 3.05) is 10.7 Å². The minimum Gasteiger partial charge on any atom is -0.334 e. The molecule has 0 fully saturated rings. The second-order valence-corrected chi connectivity index (χ2v) is 6.17. The van der Waals surface area contributed by atoms with Crippen LogP contribution in [0.5, 0.6) is 0 Å². The number of hydrogen-bond acceptors (Lipinski definition) is 7. The first-order valence-corrected chi connectivity index (χ1v) is 8.47. The maximum absolute atomic E-state index is 12.1. The van der Waals surface area contributed by atoms with Crippen LogP contribution in [0.1, 0.15) is 10.4 Å². The van der Waals surface area contributed by atoms with Crippen molar-refractivity contribution in [2.24, 2.45) is 0 Å². The molecule has 27 heavy (non-hydrogen) atoms. The number of anilines is 3. The van der Waals surface area contributed by atoms with Crippen molar-refractivity contribution in [3.8, 4) is 0 Å². The van der Waals surface area contributed by atoms with Gasteiger partial charge in [-0.05, 0) is 30.3 Å². The fourth-order valence-corrected chi connectivity index (χ4v) is 2.61. The van der Waals surface area contributed by atoms with Gasteiger partial charge in [-0.15, -0.1) is 0 Å². The van der Waals surface area contributed by atoms with E-state index < -0.39 is 16.5 Å². The molecule has 9 nitrogen and oxygen atoms in total. The number of amides is 1. The number of rotatable bonds is 6. The molecule has 0 radical (unpaired) electrons. The largest absolute Gasteiger partial charge is 0.355 e. The summed E-state index contributed by atoms with van der Waals surface area (Å²) in [7, 11) is 0. The second-order valence-electron chi connectivity index (χ2n) is 5.26. The number of nitrogens with zero attached hydrogens (tertiary/aromatic N) is 3. The van der Waals surface area contributed by atoms with Gasteiger partial charge in [0.15, 0.2) is 0 Å². The van der Waals surface area contributed by atoms with E-state index in [1.165, 1.54) is 0 Å². The van der Waals surface area contributed by atoms with Gasteiger partial charge in [0, 0.05) is 15.7 Å². The third-order valence-corrected chi connectivity index (χ3v) is 3.92. The molecule has 3 N–H and O–H groups in total.